The van der Waals surface area contributed by atoms with Crippen molar-refractivity contribution in [1.82, 2.24) is 20.1 Å². The SMILES string of the molecule is C[C@H]1C[C@@H](C(=O)N2CCN(Cc3ccccn3)CC2)CCN1. The first-order valence-electron chi connectivity index (χ1n) is 8.37. The van der Waals surface area contributed by atoms with Gasteiger partial charge in [-0.15, -0.1) is 0 Å². The van der Waals surface area contributed by atoms with Gasteiger partial charge in [0.2, 0.25) is 5.91 Å². The predicted molar refractivity (Wildman–Crippen MR) is 86.3 cm³/mol. The molecule has 0 radical (unpaired) electrons. The summed E-state index contributed by atoms with van der Waals surface area (Å²) in [4.78, 5) is 21.5. The van der Waals surface area contributed by atoms with Crippen molar-refractivity contribution in [2.75, 3.05) is 32.7 Å². The molecular formula is C17H26N4O. The number of aromatic nitrogens is 1. The Hall–Kier alpha value is -1.46. The fourth-order valence-corrected chi connectivity index (χ4v) is 3.46. The van der Waals surface area contributed by atoms with E-state index >= 15 is 0 Å². The smallest absolute Gasteiger partial charge is 0.225 e. The highest BCUT2D eigenvalue weighted by molar-refractivity contribution is 5.79. The van der Waals surface area contributed by atoms with Gasteiger partial charge >= 0.3 is 0 Å². The molecule has 3 heterocycles. The number of piperazine rings is 1. The van der Waals surface area contributed by atoms with Crippen molar-refractivity contribution in [2.45, 2.75) is 32.4 Å². The van der Waals surface area contributed by atoms with Gasteiger partial charge in [-0.05, 0) is 38.4 Å². The zero-order valence-electron chi connectivity index (χ0n) is 13.4. The van der Waals surface area contributed by atoms with E-state index < -0.39 is 0 Å². The quantitative estimate of drug-likeness (QED) is 0.909. The fourth-order valence-electron chi connectivity index (χ4n) is 3.46. The van der Waals surface area contributed by atoms with Crippen LogP contribution in [0.2, 0.25) is 0 Å². The second-order valence-electron chi connectivity index (χ2n) is 6.50. The zero-order valence-corrected chi connectivity index (χ0v) is 13.4. The minimum atomic E-state index is 0.221. The highest BCUT2D eigenvalue weighted by Gasteiger charge is 2.30. The van der Waals surface area contributed by atoms with Crippen LogP contribution in [0.15, 0.2) is 24.4 Å². The van der Waals surface area contributed by atoms with Crippen LogP contribution in [0.25, 0.3) is 0 Å². The number of carbonyl (C=O) groups is 1. The summed E-state index contributed by atoms with van der Waals surface area (Å²) in [7, 11) is 0. The Morgan fingerprint density at radius 3 is 2.82 bits per heavy atom. The third kappa shape index (κ3) is 3.84. The van der Waals surface area contributed by atoms with E-state index in [4.69, 9.17) is 0 Å². The predicted octanol–water partition coefficient (Wildman–Crippen LogP) is 1.11. The van der Waals surface area contributed by atoms with Crippen LogP contribution in [0.4, 0.5) is 0 Å². The first kappa shape index (κ1) is 15.4. The Bertz CT molecular complexity index is 485. The van der Waals surface area contributed by atoms with E-state index in [1.54, 1.807) is 0 Å². The second kappa shape index (κ2) is 7.20. The van der Waals surface area contributed by atoms with E-state index in [-0.39, 0.29) is 5.92 Å². The van der Waals surface area contributed by atoms with E-state index in [1.807, 2.05) is 18.3 Å². The summed E-state index contributed by atoms with van der Waals surface area (Å²) >= 11 is 0. The van der Waals surface area contributed by atoms with Crippen LogP contribution in [0, 0.1) is 5.92 Å². The highest BCUT2D eigenvalue weighted by atomic mass is 16.2. The molecule has 22 heavy (non-hydrogen) atoms. The molecule has 1 amide bonds. The van der Waals surface area contributed by atoms with Crippen LogP contribution in [0.5, 0.6) is 0 Å². The van der Waals surface area contributed by atoms with Gasteiger partial charge in [-0.25, -0.2) is 0 Å². The molecule has 0 spiro atoms. The maximum Gasteiger partial charge on any atom is 0.225 e. The minimum absolute atomic E-state index is 0.221. The third-order valence-corrected chi connectivity index (χ3v) is 4.77. The number of hydrogen-bond donors (Lipinski definition) is 1. The lowest BCUT2D eigenvalue weighted by atomic mass is 9.92. The maximum atomic E-state index is 12.6. The second-order valence-corrected chi connectivity index (χ2v) is 6.50. The van der Waals surface area contributed by atoms with Crippen molar-refractivity contribution >= 4 is 5.91 Å². The van der Waals surface area contributed by atoms with Gasteiger partial charge in [-0.3, -0.25) is 14.7 Å². The lowest BCUT2D eigenvalue weighted by Gasteiger charge is -2.38. The van der Waals surface area contributed by atoms with Gasteiger partial charge in [0.25, 0.3) is 0 Å². The molecule has 3 rings (SSSR count). The molecule has 5 heteroatoms. The van der Waals surface area contributed by atoms with Crippen LogP contribution in [0.3, 0.4) is 0 Å². The zero-order chi connectivity index (χ0) is 15.4. The number of amides is 1. The van der Waals surface area contributed by atoms with Gasteiger partial charge in [0, 0.05) is 50.9 Å². The lowest BCUT2D eigenvalue weighted by Crippen LogP contribution is -2.51. The Balaban J connectivity index is 1.48. The molecular weight excluding hydrogens is 276 g/mol. The lowest BCUT2D eigenvalue weighted by molar-refractivity contribution is -0.138. The van der Waals surface area contributed by atoms with Crippen molar-refractivity contribution in [3.8, 4) is 0 Å². The fraction of sp³-hybridized carbons (Fsp3) is 0.647. The van der Waals surface area contributed by atoms with Gasteiger partial charge in [-0.2, -0.15) is 0 Å². The molecule has 2 saturated heterocycles. The number of carbonyl (C=O) groups excluding carboxylic acids is 1. The van der Waals surface area contributed by atoms with Crippen LogP contribution in [0.1, 0.15) is 25.5 Å². The van der Waals surface area contributed by atoms with Crippen molar-refractivity contribution in [3.63, 3.8) is 0 Å². The Kier molecular flexibility index (Phi) is 5.05. The van der Waals surface area contributed by atoms with E-state index in [0.29, 0.717) is 11.9 Å². The molecule has 5 nitrogen and oxygen atoms in total. The van der Waals surface area contributed by atoms with Crippen LogP contribution < -0.4 is 5.32 Å². The van der Waals surface area contributed by atoms with Crippen LogP contribution >= 0.6 is 0 Å². The van der Waals surface area contributed by atoms with E-state index in [2.05, 4.69) is 33.1 Å². The van der Waals surface area contributed by atoms with Gasteiger partial charge in [0.1, 0.15) is 0 Å². The first-order chi connectivity index (χ1) is 10.7. The summed E-state index contributed by atoms with van der Waals surface area (Å²) in [6.07, 6.45) is 3.80. The summed E-state index contributed by atoms with van der Waals surface area (Å²) in [6.45, 7) is 7.62. The average Bonchev–Trinajstić information content (AvgIpc) is 2.56. The number of rotatable bonds is 3. The number of piperidine rings is 1. The molecule has 1 aromatic rings. The van der Waals surface area contributed by atoms with E-state index in [0.717, 1.165) is 57.8 Å². The molecule has 2 fully saturated rings. The van der Waals surface area contributed by atoms with Crippen molar-refractivity contribution in [3.05, 3.63) is 30.1 Å². The van der Waals surface area contributed by atoms with Gasteiger partial charge in [-0.1, -0.05) is 6.07 Å². The summed E-state index contributed by atoms with van der Waals surface area (Å²) in [5.74, 6) is 0.587. The number of nitrogens with zero attached hydrogens (tertiary/aromatic N) is 3. The summed E-state index contributed by atoms with van der Waals surface area (Å²) < 4.78 is 0. The normalized spacial score (nSPS) is 26.9. The Morgan fingerprint density at radius 2 is 2.14 bits per heavy atom. The summed E-state index contributed by atoms with van der Waals surface area (Å²) in [6, 6.07) is 6.50. The Morgan fingerprint density at radius 1 is 1.32 bits per heavy atom. The number of pyridine rings is 1. The molecule has 1 aromatic heterocycles. The standard InChI is InChI=1S/C17H26N4O/c1-14-12-15(5-7-18-14)17(22)21-10-8-20(9-11-21)13-16-4-2-3-6-19-16/h2-4,6,14-15,18H,5,7-13H2,1H3/t14-,15-/m0/s1. The maximum absolute atomic E-state index is 12.6. The molecule has 1 N–H and O–H groups in total. The highest BCUT2D eigenvalue weighted by Crippen LogP contribution is 2.20. The van der Waals surface area contributed by atoms with Gasteiger partial charge in [0.15, 0.2) is 0 Å². The van der Waals surface area contributed by atoms with Gasteiger partial charge in [0.05, 0.1) is 5.69 Å². The van der Waals surface area contributed by atoms with Crippen LogP contribution in [-0.4, -0.2) is 59.5 Å². The molecule has 0 aliphatic carbocycles. The van der Waals surface area contributed by atoms with Crippen molar-refractivity contribution in [2.24, 2.45) is 5.92 Å². The summed E-state index contributed by atoms with van der Waals surface area (Å²) in [5.41, 5.74) is 1.11. The third-order valence-electron chi connectivity index (χ3n) is 4.77. The molecule has 2 aliphatic rings. The molecule has 2 aliphatic heterocycles. The van der Waals surface area contributed by atoms with Gasteiger partial charge < -0.3 is 10.2 Å². The number of nitrogens with one attached hydrogen (secondary N) is 1. The molecule has 0 saturated carbocycles. The van der Waals surface area contributed by atoms with Crippen LogP contribution in [-0.2, 0) is 11.3 Å². The first-order valence-corrected chi connectivity index (χ1v) is 8.37. The minimum Gasteiger partial charge on any atom is -0.340 e. The molecule has 2 atom stereocenters. The Labute approximate surface area is 132 Å². The molecule has 0 bridgehead atoms. The molecule has 0 unspecified atom stereocenters. The topological polar surface area (TPSA) is 48.5 Å². The molecule has 120 valence electrons. The monoisotopic (exact) mass is 302 g/mol. The largest absolute Gasteiger partial charge is 0.340 e. The van der Waals surface area contributed by atoms with E-state index in [9.17, 15) is 4.79 Å². The van der Waals surface area contributed by atoms with E-state index in [1.165, 1.54) is 0 Å². The molecule has 0 aromatic carbocycles. The summed E-state index contributed by atoms with van der Waals surface area (Å²) in [5, 5.41) is 3.42. The van der Waals surface area contributed by atoms with Crippen molar-refractivity contribution in [1.29, 1.82) is 0 Å². The van der Waals surface area contributed by atoms with Crippen molar-refractivity contribution < 1.29 is 4.79 Å². The number of hydrogen-bond acceptors (Lipinski definition) is 4. The average molecular weight is 302 g/mol.